The van der Waals surface area contributed by atoms with Gasteiger partial charge in [0.25, 0.3) is 5.56 Å². The molecule has 204 valence electrons. The summed E-state index contributed by atoms with van der Waals surface area (Å²) < 4.78 is 26.9. The zero-order valence-corrected chi connectivity index (χ0v) is 22.4. The van der Waals surface area contributed by atoms with E-state index >= 15 is 0 Å². The van der Waals surface area contributed by atoms with Crippen molar-refractivity contribution in [1.82, 2.24) is 9.78 Å². The molecule has 9 heteroatoms. The standard InChI is InChI=1S/C31H29FN4O4/c1-19-14-21-16-23(6-9-28(21)33-19)35(2)29(37)18-36-31(38)27-17-25(40-24-10-12-39-13-11-24)7-8-26(27)30(34-36)20-4-3-5-22(32)15-20/h3-9,15-17,24H,10-14,18H2,1-2H3. The average molecular weight is 541 g/mol. The van der Waals surface area contributed by atoms with Gasteiger partial charge in [-0.2, -0.15) is 5.10 Å². The van der Waals surface area contributed by atoms with E-state index in [1.165, 1.54) is 17.0 Å². The summed E-state index contributed by atoms with van der Waals surface area (Å²) in [6.45, 7) is 2.95. The molecule has 40 heavy (non-hydrogen) atoms. The predicted molar refractivity (Wildman–Crippen MR) is 152 cm³/mol. The molecule has 0 unspecified atom stereocenters. The van der Waals surface area contributed by atoms with Crippen LogP contribution < -0.4 is 15.2 Å². The molecule has 0 atom stereocenters. The Morgan fingerprint density at radius 2 is 1.93 bits per heavy atom. The van der Waals surface area contributed by atoms with E-state index in [2.05, 4.69) is 10.1 Å². The molecule has 6 rings (SSSR count). The molecule has 0 bridgehead atoms. The molecule has 0 saturated carbocycles. The van der Waals surface area contributed by atoms with Gasteiger partial charge in [0.1, 0.15) is 24.2 Å². The lowest BCUT2D eigenvalue weighted by atomic mass is 10.0. The monoisotopic (exact) mass is 540 g/mol. The number of halogens is 1. The van der Waals surface area contributed by atoms with Crippen LogP contribution in [0.4, 0.5) is 15.8 Å². The fourth-order valence-corrected chi connectivity index (χ4v) is 5.21. The Balaban J connectivity index is 1.36. The summed E-state index contributed by atoms with van der Waals surface area (Å²) in [5.74, 6) is -0.181. The number of aromatic nitrogens is 2. The van der Waals surface area contributed by atoms with E-state index in [0.717, 1.165) is 40.9 Å². The predicted octanol–water partition coefficient (Wildman–Crippen LogP) is 5.07. The second-order valence-corrected chi connectivity index (χ2v) is 10.2. The van der Waals surface area contributed by atoms with Gasteiger partial charge in [0.15, 0.2) is 0 Å². The molecular formula is C31H29FN4O4. The van der Waals surface area contributed by atoms with Gasteiger partial charge in [-0.3, -0.25) is 14.6 Å². The number of amides is 1. The second-order valence-electron chi connectivity index (χ2n) is 10.2. The zero-order valence-electron chi connectivity index (χ0n) is 22.4. The third-order valence-corrected chi connectivity index (χ3v) is 7.37. The first-order chi connectivity index (χ1) is 19.4. The van der Waals surface area contributed by atoms with Crippen molar-refractivity contribution in [1.29, 1.82) is 0 Å². The number of carbonyl (C=O) groups is 1. The number of carbonyl (C=O) groups excluding carboxylic acids is 1. The summed E-state index contributed by atoms with van der Waals surface area (Å²) in [7, 11) is 1.67. The normalized spacial score (nSPS) is 15.1. The van der Waals surface area contributed by atoms with E-state index in [4.69, 9.17) is 9.47 Å². The first kappa shape index (κ1) is 25.9. The van der Waals surface area contributed by atoms with Gasteiger partial charge in [-0.25, -0.2) is 9.07 Å². The minimum absolute atomic E-state index is 0.00492. The fourth-order valence-electron chi connectivity index (χ4n) is 5.21. The number of likely N-dealkylation sites (N-methyl/N-ethyl adjacent to an activating group) is 1. The smallest absolute Gasteiger partial charge is 0.275 e. The number of ether oxygens (including phenoxy) is 2. The van der Waals surface area contributed by atoms with Gasteiger partial charge in [0, 0.05) is 48.7 Å². The molecular weight excluding hydrogens is 511 g/mol. The Morgan fingerprint density at radius 3 is 2.73 bits per heavy atom. The van der Waals surface area contributed by atoms with E-state index < -0.39 is 11.4 Å². The molecule has 3 aromatic carbocycles. The molecule has 1 fully saturated rings. The maximum Gasteiger partial charge on any atom is 0.275 e. The van der Waals surface area contributed by atoms with Crippen molar-refractivity contribution in [2.75, 3.05) is 25.2 Å². The number of hydrogen-bond acceptors (Lipinski definition) is 6. The summed E-state index contributed by atoms with van der Waals surface area (Å²) in [6, 6.07) is 17.0. The highest BCUT2D eigenvalue weighted by molar-refractivity contribution is 5.97. The SMILES string of the molecule is CC1=Nc2ccc(N(C)C(=O)Cn3nc(-c4cccc(F)c4)c4ccc(OC5CCOCC5)cc4c3=O)cc2C1. The zero-order chi connectivity index (χ0) is 27.8. The Bertz CT molecular complexity index is 1710. The number of anilines is 1. The number of aliphatic imine (C=N–C) groups is 1. The largest absolute Gasteiger partial charge is 0.490 e. The number of fused-ring (bicyclic) bond motifs is 2. The highest BCUT2D eigenvalue weighted by atomic mass is 19.1. The van der Waals surface area contributed by atoms with Gasteiger partial charge in [0.2, 0.25) is 5.91 Å². The van der Waals surface area contributed by atoms with Crippen LogP contribution in [0.5, 0.6) is 5.75 Å². The maximum absolute atomic E-state index is 14.2. The van der Waals surface area contributed by atoms with Crippen LogP contribution in [0, 0.1) is 5.82 Å². The van der Waals surface area contributed by atoms with Gasteiger partial charge in [-0.15, -0.1) is 0 Å². The van der Waals surface area contributed by atoms with Crippen LogP contribution in [-0.4, -0.2) is 47.8 Å². The van der Waals surface area contributed by atoms with Crippen molar-refractivity contribution in [3.8, 4) is 17.0 Å². The molecule has 0 spiro atoms. The summed E-state index contributed by atoms with van der Waals surface area (Å²) in [6.07, 6.45) is 2.27. The number of hydrogen-bond donors (Lipinski definition) is 0. The first-order valence-corrected chi connectivity index (χ1v) is 13.3. The number of benzene rings is 3. The third kappa shape index (κ3) is 5.12. The summed E-state index contributed by atoms with van der Waals surface area (Å²) in [5.41, 5.74) is 4.19. The van der Waals surface area contributed by atoms with Crippen LogP contribution in [-0.2, 0) is 22.5 Å². The summed E-state index contributed by atoms with van der Waals surface area (Å²) in [4.78, 5) is 33.1. The Morgan fingerprint density at radius 1 is 1.10 bits per heavy atom. The molecule has 1 saturated heterocycles. The lowest BCUT2D eigenvalue weighted by molar-refractivity contribution is -0.119. The quantitative estimate of drug-likeness (QED) is 0.341. The lowest BCUT2D eigenvalue weighted by Gasteiger charge is -2.23. The van der Waals surface area contributed by atoms with Crippen LogP contribution in [0.2, 0.25) is 0 Å². The lowest BCUT2D eigenvalue weighted by Crippen LogP contribution is -2.35. The highest BCUT2D eigenvalue weighted by Gasteiger charge is 2.21. The number of nitrogens with zero attached hydrogens (tertiary/aromatic N) is 4. The third-order valence-electron chi connectivity index (χ3n) is 7.37. The molecule has 3 heterocycles. The van der Waals surface area contributed by atoms with Crippen LogP contribution >= 0.6 is 0 Å². The van der Waals surface area contributed by atoms with Crippen LogP contribution in [0.25, 0.3) is 22.0 Å². The average Bonchev–Trinajstić information content (AvgIpc) is 3.34. The molecule has 2 aliphatic rings. The Kier molecular flexibility index (Phi) is 6.89. The van der Waals surface area contributed by atoms with Gasteiger partial charge in [0.05, 0.1) is 30.0 Å². The Labute approximate surface area is 230 Å². The van der Waals surface area contributed by atoms with Crippen molar-refractivity contribution in [2.24, 2.45) is 4.99 Å². The van der Waals surface area contributed by atoms with E-state index in [0.29, 0.717) is 46.7 Å². The fraction of sp³-hybridized carbons (Fsp3) is 0.290. The second kappa shape index (κ2) is 10.7. The van der Waals surface area contributed by atoms with Crippen molar-refractivity contribution in [2.45, 2.75) is 38.8 Å². The van der Waals surface area contributed by atoms with Crippen molar-refractivity contribution in [3.05, 3.63) is 82.4 Å². The molecule has 0 N–H and O–H groups in total. The molecule has 8 nitrogen and oxygen atoms in total. The molecule has 1 amide bonds. The molecule has 0 radical (unpaired) electrons. The minimum atomic E-state index is -0.424. The minimum Gasteiger partial charge on any atom is -0.490 e. The van der Waals surface area contributed by atoms with Gasteiger partial charge in [-0.05, 0) is 61.0 Å². The highest BCUT2D eigenvalue weighted by Crippen LogP contribution is 2.31. The van der Waals surface area contributed by atoms with Gasteiger partial charge < -0.3 is 14.4 Å². The maximum atomic E-state index is 14.2. The van der Waals surface area contributed by atoms with Gasteiger partial charge in [-0.1, -0.05) is 12.1 Å². The van der Waals surface area contributed by atoms with Crippen LogP contribution in [0.15, 0.2) is 70.5 Å². The number of rotatable bonds is 6. The van der Waals surface area contributed by atoms with Crippen molar-refractivity contribution in [3.63, 3.8) is 0 Å². The van der Waals surface area contributed by atoms with Crippen molar-refractivity contribution >= 4 is 33.8 Å². The van der Waals surface area contributed by atoms with Crippen molar-refractivity contribution < 1.29 is 18.7 Å². The van der Waals surface area contributed by atoms with E-state index in [1.807, 2.05) is 25.1 Å². The van der Waals surface area contributed by atoms with E-state index in [-0.39, 0.29) is 18.6 Å². The molecule has 4 aromatic rings. The molecule has 2 aliphatic heterocycles. The molecule has 0 aliphatic carbocycles. The van der Waals surface area contributed by atoms with E-state index in [9.17, 15) is 14.0 Å². The summed E-state index contributed by atoms with van der Waals surface area (Å²) >= 11 is 0. The summed E-state index contributed by atoms with van der Waals surface area (Å²) in [5, 5.41) is 5.46. The van der Waals surface area contributed by atoms with Gasteiger partial charge >= 0.3 is 0 Å². The van der Waals surface area contributed by atoms with Crippen LogP contribution in [0.3, 0.4) is 0 Å². The van der Waals surface area contributed by atoms with E-state index in [1.54, 1.807) is 37.4 Å². The molecule has 1 aromatic heterocycles. The first-order valence-electron chi connectivity index (χ1n) is 13.3. The van der Waals surface area contributed by atoms with Crippen LogP contribution in [0.1, 0.15) is 25.3 Å². The Hall–Kier alpha value is -4.37. The topological polar surface area (TPSA) is 86.0 Å².